The molecule has 0 fully saturated rings. The second kappa shape index (κ2) is 6.88. The van der Waals surface area contributed by atoms with E-state index in [0.29, 0.717) is 12.1 Å². The summed E-state index contributed by atoms with van der Waals surface area (Å²) in [5, 5.41) is 2.83. The monoisotopic (exact) mass is 286 g/mol. The van der Waals surface area contributed by atoms with Crippen LogP contribution in [0.3, 0.4) is 0 Å². The second-order valence-electron chi connectivity index (χ2n) is 5.07. The van der Waals surface area contributed by atoms with E-state index in [1.54, 1.807) is 0 Å². The first-order valence-corrected chi connectivity index (χ1v) is 6.86. The quantitative estimate of drug-likeness (QED) is 0.916. The number of carbonyl (C=O) groups is 1. The summed E-state index contributed by atoms with van der Waals surface area (Å²) in [4.78, 5) is 13.9. The molecule has 0 aromatic heterocycles. The predicted molar refractivity (Wildman–Crippen MR) is 83.2 cm³/mol. The van der Waals surface area contributed by atoms with Crippen LogP contribution in [0, 0.1) is 5.82 Å². The van der Waals surface area contributed by atoms with Crippen LogP contribution in [0.2, 0.25) is 0 Å². The Balaban J connectivity index is 1.83. The van der Waals surface area contributed by atoms with Crippen LogP contribution in [-0.2, 0) is 6.42 Å². The number of anilines is 1. The average molecular weight is 286 g/mol. The lowest BCUT2D eigenvalue weighted by molar-refractivity contribution is 0.0954. The Morgan fingerprint density at radius 2 is 1.67 bits per heavy atom. The van der Waals surface area contributed by atoms with Gasteiger partial charge in [0.15, 0.2) is 0 Å². The lowest BCUT2D eigenvalue weighted by atomic mass is 10.1. The van der Waals surface area contributed by atoms with Crippen molar-refractivity contribution in [3.05, 3.63) is 65.5 Å². The molecule has 2 aromatic rings. The van der Waals surface area contributed by atoms with E-state index in [1.165, 1.54) is 29.8 Å². The van der Waals surface area contributed by atoms with Crippen molar-refractivity contribution in [3.8, 4) is 0 Å². The Kier molecular flexibility index (Phi) is 4.93. The van der Waals surface area contributed by atoms with Crippen molar-refractivity contribution in [2.24, 2.45) is 0 Å². The van der Waals surface area contributed by atoms with Crippen molar-refractivity contribution >= 4 is 11.6 Å². The largest absolute Gasteiger partial charge is 0.378 e. The second-order valence-corrected chi connectivity index (χ2v) is 5.07. The Hall–Kier alpha value is -2.36. The number of hydrogen-bond acceptors (Lipinski definition) is 2. The van der Waals surface area contributed by atoms with Crippen LogP contribution < -0.4 is 10.2 Å². The van der Waals surface area contributed by atoms with E-state index < -0.39 is 0 Å². The minimum Gasteiger partial charge on any atom is -0.378 e. The molecule has 1 amide bonds. The summed E-state index contributed by atoms with van der Waals surface area (Å²) in [5.74, 6) is -0.521. The maximum Gasteiger partial charge on any atom is 0.251 e. The van der Waals surface area contributed by atoms with Gasteiger partial charge in [0.2, 0.25) is 0 Å². The highest BCUT2D eigenvalue weighted by atomic mass is 19.1. The fourth-order valence-corrected chi connectivity index (χ4v) is 1.98. The highest BCUT2D eigenvalue weighted by molar-refractivity contribution is 5.94. The highest BCUT2D eigenvalue weighted by Crippen LogP contribution is 2.12. The smallest absolute Gasteiger partial charge is 0.251 e. The fourth-order valence-electron chi connectivity index (χ4n) is 1.98. The van der Waals surface area contributed by atoms with Gasteiger partial charge in [0.25, 0.3) is 5.91 Å². The lowest BCUT2D eigenvalue weighted by Crippen LogP contribution is -2.25. The van der Waals surface area contributed by atoms with Crippen LogP contribution >= 0.6 is 0 Å². The van der Waals surface area contributed by atoms with Gasteiger partial charge in [-0.05, 0) is 48.4 Å². The Bertz CT molecular complexity index is 591. The zero-order chi connectivity index (χ0) is 15.2. The van der Waals surface area contributed by atoms with Crippen molar-refractivity contribution in [3.63, 3.8) is 0 Å². The van der Waals surface area contributed by atoms with Crippen LogP contribution in [0.1, 0.15) is 15.9 Å². The van der Waals surface area contributed by atoms with Gasteiger partial charge in [0.05, 0.1) is 0 Å². The molecule has 0 saturated carbocycles. The minimum atomic E-state index is -0.340. The van der Waals surface area contributed by atoms with Gasteiger partial charge in [-0.25, -0.2) is 4.39 Å². The van der Waals surface area contributed by atoms with Crippen molar-refractivity contribution in [1.82, 2.24) is 5.32 Å². The van der Waals surface area contributed by atoms with Gasteiger partial charge in [0.1, 0.15) is 5.82 Å². The van der Waals surface area contributed by atoms with Crippen LogP contribution in [0.25, 0.3) is 0 Å². The molecule has 0 atom stereocenters. The Morgan fingerprint density at radius 1 is 1.05 bits per heavy atom. The molecule has 0 bridgehead atoms. The molecular weight excluding hydrogens is 267 g/mol. The molecular formula is C17H19FN2O. The molecule has 21 heavy (non-hydrogen) atoms. The van der Waals surface area contributed by atoms with Gasteiger partial charge in [-0.2, -0.15) is 0 Å². The number of nitrogens with one attached hydrogen (secondary N) is 1. The molecule has 0 radical (unpaired) electrons. The molecule has 0 saturated heterocycles. The van der Waals surface area contributed by atoms with Crippen molar-refractivity contribution < 1.29 is 9.18 Å². The Labute approximate surface area is 124 Å². The number of halogens is 1. The number of nitrogens with zero attached hydrogens (tertiary/aromatic N) is 1. The molecule has 2 rings (SSSR count). The van der Waals surface area contributed by atoms with Gasteiger partial charge in [-0.3, -0.25) is 4.79 Å². The third-order valence-corrected chi connectivity index (χ3v) is 3.26. The fraction of sp³-hybridized carbons (Fsp3) is 0.235. The third-order valence-electron chi connectivity index (χ3n) is 3.26. The molecule has 0 aliphatic rings. The summed E-state index contributed by atoms with van der Waals surface area (Å²) in [7, 11) is 4.00. The predicted octanol–water partition coefficient (Wildman–Crippen LogP) is 2.86. The molecule has 0 aliphatic carbocycles. The summed E-state index contributed by atoms with van der Waals surface area (Å²) in [6.45, 7) is 0.553. The summed E-state index contributed by atoms with van der Waals surface area (Å²) >= 11 is 0. The summed E-state index contributed by atoms with van der Waals surface area (Å²) in [6.07, 6.45) is 0.765. The summed E-state index contributed by atoms with van der Waals surface area (Å²) < 4.78 is 12.8. The Morgan fingerprint density at radius 3 is 2.24 bits per heavy atom. The van der Waals surface area contributed by atoms with E-state index in [-0.39, 0.29) is 11.7 Å². The maximum absolute atomic E-state index is 12.8. The first kappa shape index (κ1) is 15.0. The SMILES string of the molecule is CN(C)c1ccc(CCNC(=O)c2ccc(F)cc2)cc1. The van der Waals surface area contributed by atoms with E-state index in [0.717, 1.165) is 12.1 Å². The van der Waals surface area contributed by atoms with Gasteiger partial charge in [-0.1, -0.05) is 12.1 Å². The van der Waals surface area contributed by atoms with Crippen LogP contribution in [0.4, 0.5) is 10.1 Å². The normalized spacial score (nSPS) is 10.2. The molecule has 3 nitrogen and oxygen atoms in total. The first-order chi connectivity index (χ1) is 10.1. The summed E-state index contributed by atoms with van der Waals surface area (Å²) in [5.41, 5.74) is 2.79. The average Bonchev–Trinajstić information content (AvgIpc) is 2.48. The van der Waals surface area contributed by atoms with Crippen molar-refractivity contribution in [2.45, 2.75) is 6.42 Å². The molecule has 110 valence electrons. The van der Waals surface area contributed by atoms with Crippen molar-refractivity contribution in [2.75, 3.05) is 25.5 Å². The van der Waals surface area contributed by atoms with Crippen LogP contribution in [-0.4, -0.2) is 26.5 Å². The van der Waals surface area contributed by atoms with Crippen molar-refractivity contribution in [1.29, 1.82) is 0 Å². The zero-order valence-electron chi connectivity index (χ0n) is 12.3. The molecule has 4 heteroatoms. The molecule has 0 aliphatic heterocycles. The molecule has 0 unspecified atom stereocenters. The molecule has 1 N–H and O–H groups in total. The van der Waals surface area contributed by atoms with E-state index >= 15 is 0 Å². The summed E-state index contributed by atoms with van der Waals surface area (Å²) in [6, 6.07) is 13.8. The third kappa shape index (κ3) is 4.31. The van der Waals surface area contributed by atoms with Gasteiger partial charge in [-0.15, -0.1) is 0 Å². The van der Waals surface area contributed by atoms with E-state index in [4.69, 9.17) is 0 Å². The van der Waals surface area contributed by atoms with E-state index in [2.05, 4.69) is 29.6 Å². The minimum absolute atomic E-state index is 0.181. The first-order valence-electron chi connectivity index (χ1n) is 6.86. The van der Waals surface area contributed by atoms with Gasteiger partial charge < -0.3 is 10.2 Å². The van der Waals surface area contributed by atoms with Gasteiger partial charge in [0, 0.05) is 31.9 Å². The number of benzene rings is 2. The number of amides is 1. The zero-order valence-corrected chi connectivity index (χ0v) is 12.3. The highest BCUT2D eigenvalue weighted by Gasteiger charge is 2.04. The lowest BCUT2D eigenvalue weighted by Gasteiger charge is -2.12. The van der Waals surface area contributed by atoms with E-state index in [9.17, 15) is 9.18 Å². The van der Waals surface area contributed by atoms with E-state index in [1.807, 2.05) is 19.0 Å². The van der Waals surface area contributed by atoms with Gasteiger partial charge >= 0.3 is 0 Å². The maximum atomic E-state index is 12.8. The number of hydrogen-bond donors (Lipinski definition) is 1. The van der Waals surface area contributed by atoms with Crippen LogP contribution in [0.15, 0.2) is 48.5 Å². The topological polar surface area (TPSA) is 32.3 Å². The standard InChI is InChI=1S/C17H19FN2O/c1-20(2)16-9-3-13(4-10-16)11-12-19-17(21)14-5-7-15(18)8-6-14/h3-10H,11-12H2,1-2H3,(H,19,21). The number of carbonyl (C=O) groups excluding carboxylic acids is 1. The molecule has 0 heterocycles. The molecule has 0 spiro atoms. The number of rotatable bonds is 5. The van der Waals surface area contributed by atoms with Crippen LogP contribution in [0.5, 0.6) is 0 Å². The molecule has 2 aromatic carbocycles.